The summed E-state index contributed by atoms with van der Waals surface area (Å²) in [5.74, 6) is 0. The van der Waals surface area contributed by atoms with Gasteiger partial charge in [-0.05, 0) is 38.0 Å². The third-order valence-electron chi connectivity index (χ3n) is 3.37. The fourth-order valence-corrected chi connectivity index (χ4v) is 2.89. The molecule has 2 rings (SSSR count). The van der Waals surface area contributed by atoms with Crippen LogP contribution < -0.4 is 5.32 Å². The summed E-state index contributed by atoms with van der Waals surface area (Å²) in [6, 6.07) is 4.18. The molecule has 0 aliphatic heterocycles. The van der Waals surface area contributed by atoms with Crippen LogP contribution >= 0.6 is 11.3 Å². The lowest BCUT2D eigenvalue weighted by molar-refractivity contribution is 0.160. The molecule has 0 saturated carbocycles. The van der Waals surface area contributed by atoms with Gasteiger partial charge in [0.2, 0.25) is 0 Å². The molecular formula is C15H24N4OS. The quantitative estimate of drug-likeness (QED) is 0.661. The molecule has 0 spiro atoms. The van der Waals surface area contributed by atoms with Gasteiger partial charge >= 0.3 is 0 Å². The summed E-state index contributed by atoms with van der Waals surface area (Å²) in [6.45, 7) is 4.72. The highest BCUT2D eigenvalue weighted by atomic mass is 32.1. The number of methoxy groups -OCH3 is 1. The van der Waals surface area contributed by atoms with Gasteiger partial charge in [0.25, 0.3) is 0 Å². The van der Waals surface area contributed by atoms with E-state index in [9.17, 15) is 0 Å². The predicted molar refractivity (Wildman–Crippen MR) is 87.6 cm³/mol. The first-order valence-electron chi connectivity index (χ1n) is 7.25. The molecule has 0 aromatic carbocycles. The Morgan fingerprint density at radius 3 is 3.10 bits per heavy atom. The molecule has 2 heterocycles. The summed E-state index contributed by atoms with van der Waals surface area (Å²) >= 11 is 1.73. The van der Waals surface area contributed by atoms with E-state index in [4.69, 9.17) is 4.74 Å². The zero-order chi connectivity index (χ0) is 14.9. The fraction of sp³-hybridized carbons (Fsp3) is 0.533. The van der Waals surface area contributed by atoms with Crippen molar-refractivity contribution in [2.45, 2.75) is 13.0 Å². The molecule has 0 atom stereocenters. The van der Waals surface area contributed by atoms with Gasteiger partial charge in [-0.15, -0.1) is 11.3 Å². The molecule has 21 heavy (non-hydrogen) atoms. The molecule has 2 N–H and O–H groups in total. The van der Waals surface area contributed by atoms with Crippen molar-refractivity contribution in [1.29, 1.82) is 0 Å². The molecule has 0 radical (unpaired) electrons. The number of hydrogen-bond donors (Lipinski definition) is 2. The highest BCUT2D eigenvalue weighted by Gasteiger charge is 2.07. The van der Waals surface area contributed by atoms with Crippen LogP contribution in [-0.4, -0.2) is 55.5 Å². The molecule has 0 bridgehead atoms. The summed E-state index contributed by atoms with van der Waals surface area (Å²) in [6.07, 6.45) is 3.04. The SMILES string of the molecule is COCCN(C)CCCNCc1cn[nH]c1-c1cccs1. The van der Waals surface area contributed by atoms with E-state index >= 15 is 0 Å². The number of aromatic nitrogens is 2. The van der Waals surface area contributed by atoms with Crippen LogP contribution in [0.15, 0.2) is 23.7 Å². The number of thiophene rings is 1. The smallest absolute Gasteiger partial charge is 0.0794 e. The maximum Gasteiger partial charge on any atom is 0.0794 e. The minimum absolute atomic E-state index is 0.795. The van der Waals surface area contributed by atoms with Gasteiger partial charge in [-0.25, -0.2) is 0 Å². The third-order valence-corrected chi connectivity index (χ3v) is 4.26. The molecular weight excluding hydrogens is 284 g/mol. The van der Waals surface area contributed by atoms with Gasteiger partial charge < -0.3 is 15.0 Å². The predicted octanol–water partition coefficient (Wildman–Crippen LogP) is 2.20. The van der Waals surface area contributed by atoms with Gasteiger partial charge in [-0.2, -0.15) is 5.10 Å². The zero-order valence-electron chi connectivity index (χ0n) is 12.8. The van der Waals surface area contributed by atoms with E-state index in [1.807, 2.05) is 6.20 Å². The zero-order valence-corrected chi connectivity index (χ0v) is 13.6. The Labute approximate surface area is 130 Å². The number of hydrogen-bond acceptors (Lipinski definition) is 5. The minimum Gasteiger partial charge on any atom is -0.383 e. The van der Waals surface area contributed by atoms with Crippen LogP contribution in [0.1, 0.15) is 12.0 Å². The largest absolute Gasteiger partial charge is 0.383 e. The lowest BCUT2D eigenvalue weighted by Gasteiger charge is -2.15. The Hall–Kier alpha value is -1.21. The first-order valence-corrected chi connectivity index (χ1v) is 8.13. The van der Waals surface area contributed by atoms with Crippen molar-refractivity contribution in [3.63, 3.8) is 0 Å². The van der Waals surface area contributed by atoms with Crippen LogP contribution in [0.3, 0.4) is 0 Å². The van der Waals surface area contributed by atoms with Crippen molar-refractivity contribution in [2.75, 3.05) is 40.4 Å². The maximum atomic E-state index is 5.07. The van der Waals surface area contributed by atoms with E-state index in [2.05, 4.69) is 45.0 Å². The number of nitrogens with one attached hydrogen (secondary N) is 2. The summed E-state index contributed by atoms with van der Waals surface area (Å²) in [5, 5.41) is 12.8. The Morgan fingerprint density at radius 1 is 1.43 bits per heavy atom. The van der Waals surface area contributed by atoms with Crippen molar-refractivity contribution in [1.82, 2.24) is 20.4 Å². The number of H-pyrrole nitrogens is 1. The number of ether oxygens (including phenoxy) is 1. The number of nitrogens with zero attached hydrogens (tertiary/aromatic N) is 2. The third kappa shape index (κ3) is 5.24. The molecule has 0 saturated heterocycles. The van der Waals surface area contributed by atoms with Crippen molar-refractivity contribution >= 4 is 11.3 Å². The van der Waals surface area contributed by atoms with Gasteiger partial charge in [-0.1, -0.05) is 6.07 Å². The number of rotatable bonds is 10. The molecule has 0 aliphatic carbocycles. The van der Waals surface area contributed by atoms with E-state index in [0.29, 0.717) is 0 Å². The molecule has 2 aromatic rings. The van der Waals surface area contributed by atoms with Crippen LogP contribution in [0.25, 0.3) is 10.6 Å². The van der Waals surface area contributed by atoms with E-state index in [1.165, 1.54) is 10.4 Å². The minimum atomic E-state index is 0.795. The summed E-state index contributed by atoms with van der Waals surface area (Å²) in [5.41, 5.74) is 2.36. The second-order valence-electron chi connectivity index (χ2n) is 5.07. The standard InChI is InChI=1S/C15H24N4OS/c1-19(8-9-20-2)7-4-6-16-11-13-12-17-18-15(13)14-5-3-10-21-14/h3,5,10,12,16H,4,6-9,11H2,1-2H3,(H,17,18). The van der Waals surface area contributed by atoms with E-state index in [0.717, 1.165) is 44.9 Å². The van der Waals surface area contributed by atoms with E-state index < -0.39 is 0 Å². The molecule has 6 heteroatoms. The maximum absolute atomic E-state index is 5.07. The van der Waals surface area contributed by atoms with Gasteiger partial charge in [0.05, 0.1) is 23.4 Å². The van der Waals surface area contributed by atoms with Crippen LogP contribution in [-0.2, 0) is 11.3 Å². The Morgan fingerprint density at radius 2 is 2.33 bits per heavy atom. The lowest BCUT2D eigenvalue weighted by Crippen LogP contribution is -2.26. The van der Waals surface area contributed by atoms with Gasteiger partial charge in [0.1, 0.15) is 0 Å². The van der Waals surface area contributed by atoms with Crippen LogP contribution in [0.4, 0.5) is 0 Å². The number of aromatic amines is 1. The average molecular weight is 308 g/mol. The Balaban J connectivity index is 1.67. The van der Waals surface area contributed by atoms with E-state index in [-0.39, 0.29) is 0 Å². The number of likely N-dealkylation sites (N-methyl/N-ethyl adjacent to an activating group) is 1. The van der Waals surface area contributed by atoms with Crippen LogP contribution in [0.2, 0.25) is 0 Å². The van der Waals surface area contributed by atoms with E-state index in [1.54, 1.807) is 18.4 Å². The second kappa shape index (κ2) is 8.94. The highest BCUT2D eigenvalue weighted by molar-refractivity contribution is 7.13. The second-order valence-corrected chi connectivity index (χ2v) is 6.02. The molecule has 0 unspecified atom stereocenters. The average Bonchev–Trinajstić information content (AvgIpc) is 3.15. The highest BCUT2D eigenvalue weighted by Crippen LogP contribution is 2.25. The van der Waals surface area contributed by atoms with Crippen molar-refractivity contribution in [3.05, 3.63) is 29.3 Å². The summed E-state index contributed by atoms with van der Waals surface area (Å²) in [7, 11) is 3.87. The monoisotopic (exact) mass is 308 g/mol. The van der Waals surface area contributed by atoms with Gasteiger partial charge in [-0.3, -0.25) is 5.10 Å². The summed E-state index contributed by atoms with van der Waals surface area (Å²) in [4.78, 5) is 3.53. The molecule has 116 valence electrons. The Bertz CT molecular complexity index is 498. The fourth-order valence-electron chi connectivity index (χ4n) is 2.14. The van der Waals surface area contributed by atoms with Crippen molar-refractivity contribution in [3.8, 4) is 10.6 Å². The molecule has 0 aliphatic rings. The molecule has 2 aromatic heterocycles. The summed E-state index contributed by atoms with van der Waals surface area (Å²) < 4.78 is 5.07. The lowest BCUT2D eigenvalue weighted by atomic mass is 10.2. The van der Waals surface area contributed by atoms with Crippen LogP contribution in [0, 0.1) is 0 Å². The molecule has 5 nitrogen and oxygen atoms in total. The van der Waals surface area contributed by atoms with Gasteiger partial charge in [0.15, 0.2) is 0 Å². The van der Waals surface area contributed by atoms with Crippen LogP contribution in [0.5, 0.6) is 0 Å². The first-order chi connectivity index (χ1) is 10.3. The first kappa shape index (κ1) is 16.2. The Kier molecular flexibility index (Phi) is 6.88. The van der Waals surface area contributed by atoms with Crippen molar-refractivity contribution < 1.29 is 4.74 Å². The molecule has 0 fully saturated rings. The van der Waals surface area contributed by atoms with Gasteiger partial charge in [0, 0.05) is 25.8 Å². The van der Waals surface area contributed by atoms with Crippen molar-refractivity contribution in [2.24, 2.45) is 0 Å². The normalized spacial score (nSPS) is 11.4. The molecule has 0 amide bonds. The topological polar surface area (TPSA) is 53.2 Å².